The average molecular weight is 474 g/mol. The van der Waals surface area contributed by atoms with Gasteiger partial charge in [-0.1, -0.05) is 60.7 Å². The number of fused-ring (bicyclic) bond motifs is 3. The summed E-state index contributed by atoms with van der Waals surface area (Å²) in [6.07, 6.45) is 1.97. The zero-order chi connectivity index (χ0) is 23.6. The minimum atomic E-state index is 0.801. The van der Waals surface area contributed by atoms with Gasteiger partial charge in [0.1, 0.15) is 11.4 Å². The van der Waals surface area contributed by atoms with Gasteiger partial charge >= 0.3 is 0 Å². The van der Waals surface area contributed by atoms with Crippen LogP contribution in [0.15, 0.2) is 114 Å². The number of hydrogen-bond acceptors (Lipinski definition) is 4. The summed E-state index contributed by atoms with van der Waals surface area (Å²) >= 11 is 1.36. The Morgan fingerprint density at radius 3 is 2.29 bits per heavy atom. The van der Waals surface area contributed by atoms with E-state index < -0.39 is 0 Å². The van der Waals surface area contributed by atoms with E-state index in [9.17, 15) is 0 Å². The molecule has 0 amide bonds. The maximum atomic E-state index is 6.08. The maximum Gasteiger partial charge on any atom is 0.138 e. The second-order valence-electron chi connectivity index (χ2n) is 8.28. The molecule has 0 saturated heterocycles. The van der Waals surface area contributed by atoms with Crippen molar-refractivity contribution in [1.29, 1.82) is 0 Å². The largest absolute Gasteiger partial charge is 0.421 e. The number of benzene rings is 4. The van der Waals surface area contributed by atoms with Crippen molar-refractivity contribution in [3.8, 4) is 28.0 Å². The van der Waals surface area contributed by atoms with E-state index in [-0.39, 0.29) is 0 Å². The molecule has 4 aromatic carbocycles. The molecule has 35 heavy (non-hydrogen) atoms. The van der Waals surface area contributed by atoms with Gasteiger partial charge < -0.3 is 14.5 Å². The van der Waals surface area contributed by atoms with Crippen LogP contribution in [0.4, 0.5) is 5.69 Å². The Morgan fingerprint density at radius 1 is 0.800 bits per heavy atom. The van der Waals surface area contributed by atoms with Gasteiger partial charge in [-0.25, -0.2) is 4.98 Å². The number of pyridine rings is 1. The molecule has 0 unspecified atom stereocenters. The maximum absolute atomic E-state index is 6.08. The summed E-state index contributed by atoms with van der Waals surface area (Å²) in [6, 6.07) is 35.3. The molecule has 0 atom stereocenters. The molecule has 0 radical (unpaired) electrons. The van der Waals surface area contributed by atoms with E-state index in [1.54, 1.807) is 0 Å². The highest BCUT2D eigenvalue weighted by atomic mass is 32.2. The fraction of sp³-hybridized carbons (Fsp3) is 0.0333. The van der Waals surface area contributed by atoms with Crippen LogP contribution in [-0.2, 0) is 0 Å². The lowest BCUT2D eigenvalue weighted by Crippen LogP contribution is -1.91. The van der Waals surface area contributed by atoms with E-state index in [0.717, 1.165) is 60.5 Å². The van der Waals surface area contributed by atoms with Crippen LogP contribution < -0.4 is 9.50 Å². The smallest absolute Gasteiger partial charge is 0.138 e. The normalized spacial score (nSPS) is 11.1. The van der Waals surface area contributed by atoms with Crippen molar-refractivity contribution in [1.82, 2.24) is 9.97 Å². The van der Waals surface area contributed by atoms with Crippen LogP contribution in [0.25, 0.3) is 44.2 Å². The van der Waals surface area contributed by atoms with E-state index >= 15 is 0 Å². The summed E-state index contributed by atoms with van der Waals surface area (Å²) in [5, 5.41) is 5.38. The fourth-order valence-electron chi connectivity index (χ4n) is 4.40. The number of aromatic amines is 1. The van der Waals surface area contributed by atoms with Crippen molar-refractivity contribution in [2.24, 2.45) is 0 Å². The molecule has 6 aromatic rings. The van der Waals surface area contributed by atoms with E-state index in [4.69, 9.17) is 9.17 Å². The van der Waals surface area contributed by atoms with Gasteiger partial charge in [0.2, 0.25) is 0 Å². The number of anilines is 1. The van der Waals surface area contributed by atoms with E-state index in [0.29, 0.717) is 0 Å². The van der Waals surface area contributed by atoms with Crippen molar-refractivity contribution < 1.29 is 4.18 Å². The highest BCUT2D eigenvalue weighted by Gasteiger charge is 2.18. The van der Waals surface area contributed by atoms with Crippen molar-refractivity contribution in [2.75, 3.05) is 12.4 Å². The molecule has 170 valence electrons. The lowest BCUT2D eigenvalue weighted by molar-refractivity contribution is 0.647. The Hall–Kier alpha value is -4.22. The monoisotopic (exact) mass is 473 g/mol. The molecule has 0 saturated carbocycles. The molecular weight excluding hydrogens is 450 g/mol. The minimum Gasteiger partial charge on any atom is -0.421 e. The second kappa shape index (κ2) is 9.20. The van der Waals surface area contributed by atoms with Gasteiger partial charge in [0.05, 0.1) is 12.0 Å². The Labute approximate surface area is 208 Å². The lowest BCUT2D eigenvalue weighted by Gasteiger charge is -2.13. The van der Waals surface area contributed by atoms with Crippen LogP contribution in [0.5, 0.6) is 5.75 Å². The molecule has 0 aliphatic carbocycles. The first-order valence-electron chi connectivity index (χ1n) is 11.5. The Balaban J connectivity index is 1.53. The molecule has 0 fully saturated rings. The average Bonchev–Trinajstić information content (AvgIpc) is 3.30. The highest BCUT2D eigenvalue weighted by Crippen LogP contribution is 2.41. The summed E-state index contributed by atoms with van der Waals surface area (Å²) in [5.74, 6) is 0.801. The predicted octanol–water partition coefficient (Wildman–Crippen LogP) is 8.18. The molecule has 4 nitrogen and oxygen atoms in total. The SMILES string of the molecule is CNc1ccc(-c2cnc3[nH]c4ccc(OSc5ccccc5)cc4c3c2-c2ccccc2)cc1. The molecule has 0 spiro atoms. The van der Waals surface area contributed by atoms with Crippen LogP contribution in [0.1, 0.15) is 0 Å². The van der Waals surface area contributed by atoms with Crippen LogP contribution in [0, 0.1) is 0 Å². The molecule has 2 heterocycles. The molecule has 0 aliphatic rings. The van der Waals surface area contributed by atoms with Crippen LogP contribution in [-0.4, -0.2) is 17.0 Å². The van der Waals surface area contributed by atoms with E-state index in [1.165, 1.54) is 12.0 Å². The standard InChI is InChI=1S/C30H23N3OS/c1-31-22-14-12-20(13-15-22)26-19-32-30-29(28(26)21-8-4-2-5-9-21)25-18-23(16-17-27(25)33-30)34-35-24-10-6-3-7-11-24/h2-19,31H,1H3,(H,32,33). The Bertz CT molecular complexity index is 1610. The van der Waals surface area contributed by atoms with Crippen LogP contribution in [0.2, 0.25) is 0 Å². The number of nitrogens with zero attached hydrogens (tertiary/aromatic N) is 1. The lowest BCUT2D eigenvalue weighted by atomic mass is 9.92. The summed E-state index contributed by atoms with van der Waals surface area (Å²) in [4.78, 5) is 9.39. The van der Waals surface area contributed by atoms with Crippen molar-refractivity contribution in [3.63, 3.8) is 0 Å². The molecule has 5 heteroatoms. The van der Waals surface area contributed by atoms with Crippen molar-refractivity contribution in [3.05, 3.63) is 109 Å². The van der Waals surface area contributed by atoms with Gasteiger partial charge in [-0.15, -0.1) is 0 Å². The van der Waals surface area contributed by atoms with E-state index in [2.05, 4.69) is 71.0 Å². The fourth-order valence-corrected chi connectivity index (χ4v) is 4.96. The number of nitrogens with one attached hydrogen (secondary N) is 2. The Kier molecular flexibility index (Phi) is 5.60. The number of rotatable bonds is 6. The Morgan fingerprint density at radius 2 is 1.54 bits per heavy atom. The molecule has 6 rings (SSSR count). The van der Waals surface area contributed by atoms with Gasteiger partial charge in [-0.3, -0.25) is 0 Å². The van der Waals surface area contributed by atoms with Gasteiger partial charge in [0.25, 0.3) is 0 Å². The first kappa shape index (κ1) is 21.3. The van der Waals surface area contributed by atoms with Crippen LogP contribution >= 0.6 is 12.0 Å². The molecule has 2 N–H and O–H groups in total. The first-order valence-corrected chi connectivity index (χ1v) is 12.2. The molecule has 2 aromatic heterocycles. The quantitative estimate of drug-likeness (QED) is 0.240. The zero-order valence-electron chi connectivity index (χ0n) is 19.2. The van der Waals surface area contributed by atoms with Gasteiger partial charge in [0.15, 0.2) is 0 Å². The molecule has 0 bridgehead atoms. The third-order valence-electron chi connectivity index (χ3n) is 6.12. The van der Waals surface area contributed by atoms with Gasteiger partial charge in [-0.05, 0) is 53.6 Å². The second-order valence-corrected chi connectivity index (χ2v) is 9.08. The first-order chi connectivity index (χ1) is 17.3. The summed E-state index contributed by atoms with van der Waals surface area (Å²) < 4.78 is 6.08. The number of aromatic nitrogens is 2. The summed E-state index contributed by atoms with van der Waals surface area (Å²) in [5.41, 5.74) is 7.50. The summed E-state index contributed by atoms with van der Waals surface area (Å²) in [7, 11) is 1.93. The topological polar surface area (TPSA) is 49.9 Å². The number of H-pyrrole nitrogens is 1. The van der Waals surface area contributed by atoms with Crippen molar-refractivity contribution in [2.45, 2.75) is 4.90 Å². The van der Waals surface area contributed by atoms with Crippen LogP contribution in [0.3, 0.4) is 0 Å². The number of hydrogen-bond donors (Lipinski definition) is 2. The van der Waals surface area contributed by atoms with E-state index in [1.807, 2.05) is 55.7 Å². The third kappa shape index (κ3) is 4.11. The molecule has 0 aliphatic heterocycles. The summed E-state index contributed by atoms with van der Waals surface area (Å²) in [6.45, 7) is 0. The zero-order valence-corrected chi connectivity index (χ0v) is 20.0. The van der Waals surface area contributed by atoms with Crippen molar-refractivity contribution >= 4 is 39.7 Å². The molecular formula is C30H23N3OS. The third-order valence-corrected chi connectivity index (χ3v) is 6.86. The predicted molar refractivity (Wildman–Crippen MR) is 147 cm³/mol. The minimum absolute atomic E-state index is 0.801. The van der Waals surface area contributed by atoms with Gasteiger partial charge in [0, 0.05) is 51.2 Å². The van der Waals surface area contributed by atoms with Gasteiger partial charge in [-0.2, -0.15) is 0 Å². The highest BCUT2D eigenvalue weighted by molar-refractivity contribution is 7.95.